The molecule has 0 saturated heterocycles. The molecule has 1 rings (SSSR count). The first-order chi connectivity index (χ1) is 10.6. The highest BCUT2D eigenvalue weighted by Gasteiger charge is 2.20. The molecule has 1 aromatic rings. The molecule has 0 aliphatic carbocycles. The van der Waals surface area contributed by atoms with Gasteiger partial charge in [-0.05, 0) is 32.4 Å². The number of nitrogens with one attached hydrogen (secondary N) is 1. The van der Waals surface area contributed by atoms with Crippen molar-refractivity contribution in [3.05, 3.63) is 53.4 Å². The number of esters is 2. The van der Waals surface area contributed by atoms with Crippen molar-refractivity contribution in [2.24, 2.45) is 0 Å². The van der Waals surface area contributed by atoms with E-state index in [-0.39, 0.29) is 18.8 Å². The Kier molecular flexibility index (Phi) is 7.47. The molecule has 0 radical (unpaired) electrons. The molecule has 0 aliphatic rings. The quantitative estimate of drug-likeness (QED) is 0.363. The van der Waals surface area contributed by atoms with E-state index >= 15 is 0 Å². The summed E-state index contributed by atoms with van der Waals surface area (Å²) in [5.41, 5.74) is 1.62. The van der Waals surface area contributed by atoms with Gasteiger partial charge in [0.05, 0.1) is 13.2 Å². The number of ether oxygens (including phenoxy) is 2. The summed E-state index contributed by atoms with van der Waals surface area (Å²) >= 11 is 0. The van der Waals surface area contributed by atoms with E-state index < -0.39 is 11.9 Å². The van der Waals surface area contributed by atoms with Crippen LogP contribution in [0.3, 0.4) is 0 Å². The molecular formula is C17H21NO4. The van der Waals surface area contributed by atoms with Gasteiger partial charge in [0.25, 0.3) is 0 Å². The van der Waals surface area contributed by atoms with Gasteiger partial charge >= 0.3 is 11.9 Å². The van der Waals surface area contributed by atoms with Crippen molar-refractivity contribution in [2.75, 3.05) is 13.2 Å². The minimum Gasteiger partial charge on any atom is -0.462 e. The van der Waals surface area contributed by atoms with Gasteiger partial charge in [-0.1, -0.05) is 30.3 Å². The fourth-order valence-corrected chi connectivity index (χ4v) is 1.65. The normalized spacial score (nSPS) is 10.6. The van der Waals surface area contributed by atoms with E-state index in [9.17, 15) is 9.59 Å². The summed E-state index contributed by atoms with van der Waals surface area (Å²) in [5, 5.41) is 2.91. The molecule has 118 valence electrons. The van der Waals surface area contributed by atoms with E-state index in [1.165, 1.54) is 6.20 Å². The van der Waals surface area contributed by atoms with Gasteiger partial charge in [-0.2, -0.15) is 0 Å². The molecule has 0 fully saturated rings. The van der Waals surface area contributed by atoms with E-state index in [4.69, 9.17) is 9.47 Å². The molecule has 5 nitrogen and oxygen atoms in total. The zero-order valence-electron chi connectivity index (χ0n) is 13.1. The van der Waals surface area contributed by atoms with Gasteiger partial charge in [-0.15, -0.1) is 0 Å². The average molecular weight is 303 g/mol. The van der Waals surface area contributed by atoms with Crippen LogP contribution in [0.15, 0.2) is 47.8 Å². The van der Waals surface area contributed by atoms with Crippen molar-refractivity contribution in [1.29, 1.82) is 0 Å². The predicted molar refractivity (Wildman–Crippen MR) is 84.6 cm³/mol. The van der Waals surface area contributed by atoms with Crippen LogP contribution in [0.5, 0.6) is 0 Å². The van der Waals surface area contributed by atoms with Crippen LogP contribution in [0, 0.1) is 0 Å². The lowest BCUT2D eigenvalue weighted by molar-refractivity contribution is -0.146. The smallest absolute Gasteiger partial charge is 0.347 e. The van der Waals surface area contributed by atoms with Gasteiger partial charge in [-0.25, -0.2) is 9.59 Å². The lowest BCUT2D eigenvalue weighted by Crippen LogP contribution is -2.21. The fourth-order valence-electron chi connectivity index (χ4n) is 1.65. The highest BCUT2D eigenvalue weighted by molar-refractivity contribution is 6.14. The Morgan fingerprint density at radius 1 is 1.05 bits per heavy atom. The van der Waals surface area contributed by atoms with Crippen LogP contribution in [0.25, 0.3) is 6.08 Å². The molecular weight excluding hydrogens is 282 g/mol. The second-order valence-electron chi connectivity index (χ2n) is 4.38. The molecule has 1 N–H and O–H groups in total. The van der Waals surface area contributed by atoms with Gasteiger partial charge in [0, 0.05) is 11.9 Å². The minimum atomic E-state index is -0.707. The molecule has 0 amide bonds. The van der Waals surface area contributed by atoms with Gasteiger partial charge in [-0.3, -0.25) is 0 Å². The number of allylic oxidation sites excluding steroid dienone is 1. The van der Waals surface area contributed by atoms with Crippen LogP contribution in [0.4, 0.5) is 0 Å². The predicted octanol–water partition coefficient (Wildman–Crippen LogP) is 2.65. The van der Waals surface area contributed by atoms with E-state index in [0.717, 1.165) is 11.3 Å². The third-order valence-electron chi connectivity index (χ3n) is 2.62. The van der Waals surface area contributed by atoms with Crippen molar-refractivity contribution in [3.63, 3.8) is 0 Å². The van der Waals surface area contributed by atoms with Crippen molar-refractivity contribution in [2.45, 2.75) is 20.8 Å². The molecule has 0 atom stereocenters. The van der Waals surface area contributed by atoms with Crippen molar-refractivity contribution < 1.29 is 19.1 Å². The van der Waals surface area contributed by atoms with Gasteiger partial charge in [0.2, 0.25) is 0 Å². The fraction of sp³-hybridized carbons (Fsp3) is 0.294. The molecule has 0 spiro atoms. The Morgan fingerprint density at radius 3 is 2.09 bits per heavy atom. The molecule has 0 aliphatic heterocycles. The zero-order valence-corrected chi connectivity index (χ0v) is 13.1. The summed E-state index contributed by atoms with van der Waals surface area (Å²) < 4.78 is 9.71. The Labute approximate surface area is 130 Å². The Balaban J connectivity index is 2.85. The Morgan fingerprint density at radius 2 is 1.59 bits per heavy atom. The summed E-state index contributed by atoms with van der Waals surface area (Å²) in [6.45, 7) is 5.56. The summed E-state index contributed by atoms with van der Waals surface area (Å²) in [7, 11) is 0. The highest BCUT2D eigenvalue weighted by atomic mass is 16.6. The molecule has 0 bridgehead atoms. The summed E-state index contributed by atoms with van der Waals surface area (Å²) in [4.78, 5) is 23.6. The molecule has 22 heavy (non-hydrogen) atoms. The minimum absolute atomic E-state index is 0.162. The third-order valence-corrected chi connectivity index (χ3v) is 2.62. The Bertz CT molecular complexity index is 541. The van der Waals surface area contributed by atoms with Crippen LogP contribution in [-0.2, 0) is 19.1 Å². The first-order valence-corrected chi connectivity index (χ1v) is 7.12. The van der Waals surface area contributed by atoms with Crippen LogP contribution in [0.2, 0.25) is 0 Å². The second-order valence-corrected chi connectivity index (χ2v) is 4.38. The monoisotopic (exact) mass is 303 g/mol. The first kappa shape index (κ1) is 17.5. The van der Waals surface area contributed by atoms with Crippen LogP contribution in [-0.4, -0.2) is 25.2 Å². The second kappa shape index (κ2) is 9.39. The first-order valence-electron chi connectivity index (χ1n) is 7.12. The molecule has 0 unspecified atom stereocenters. The number of benzene rings is 1. The molecule has 0 saturated carbocycles. The molecule has 1 aromatic carbocycles. The number of rotatable bonds is 7. The lowest BCUT2D eigenvalue weighted by atomic mass is 10.2. The zero-order chi connectivity index (χ0) is 16.4. The molecule has 5 heteroatoms. The van der Waals surface area contributed by atoms with Gasteiger partial charge in [0.1, 0.15) is 0 Å². The van der Waals surface area contributed by atoms with Gasteiger partial charge < -0.3 is 14.8 Å². The highest BCUT2D eigenvalue weighted by Crippen LogP contribution is 2.06. The van der Waals surface area contributed by atoms with Crippen LogP contribution >= 0.6 is 0 Å². The Hall–Kier alpha value is -2.56. The van der Waals surface area contributed by atoms with E-state index in [0.29, 0.717) is 0 Å². The largest absolute Gasteiger partial charge is 0.462 e. The maximum atomic E-state index is 11.8. The molecule has 0 aromatic heterocycles. The number of carbonyl (C=O) groups is 2. The van der Waals surface area contributed by atoms with Crippen molar-refractivity contribution in [3.8, 4) is 0 Å². The summed E-state index contributed by atoms with van der Waals surface area (Å²) in [6, 6.07) is 9.69. The SMILES string of the molecule is CCOC(=O)C(=CN/C(C)=C\c1ccccc1)C(=O)OCC. The topological polar surface area (TPSA) is 64.6 Å². The molecule has 0 heterocycles. The number of hydrogen-bond acceptors (Lipinski definition) is 5. The van der Waals surface area contributed by atoms with Crippen molar-refractivity contribution in [1.82, 2.24) is 5.32 Å². The standard InChI is InChI=1S/C17H21NO4/c1-4-21-16(19)15(17(20)22-5-2)12-18-13(3)11-14-9-7-6-8-10-14/h6-12,18H,4-5H2,1-3H3/b13-11-. The lowest BCUT2D eigenvalue weighted by Gasteiger charge is -2.08. The van der Waals surface area contributed by atoms with Crippen LogP contribution in [0.1, 0.15) is 26.3 Å². The summed E-state index contributed by atoms with van der Waals surface area (Å²) in [6.07, 6.45) is 3.20. The van der Waals surface area contributed by atoms with Crippen LogP contribution < -0.4 is 5.32 Å². The van der Waals surface area contributed by atoms with Crippen molar-refractivity contribution >= 4 is 18.0 Å². The maximum absolute atomic E-state index is 11.8. The average Bonchev–Trinajstić information content (AvgIpc) is 2.49. The van der Waals surface area contributed by atoms with E-state index in [2.05, 4.69) is 5.32 Å². The maximum Gasteiger partial charge on any atom is 0.347 e. The van der Waals surface area contributed by atoms with E-state index in [1.54, 1.807) is 13.8 Å². The van der Waals surface area contributed by atoms with E-state index in [1.807, 2.05) is 43.3 Å². The third kappa shape index (κ3) is 5.83. The summed E-state index contributed by atoms with van der Waals surface area (Å²) in [5.74, 6) is -1.41. The number of carbonyl (C=O) groups excluding carboxylic acids is 2. The number of hydrogen-bond donors (Lipinski definition) is 1. The van der Waals surface area contributed by atoms with Gasteiger partial charge in [0.15, 0.2) is 5.57 Å².